The summed E-state index contributed by atoms with van der Waals surface area (Å²) in [5, 5.41) is 0. The molecule has 0 radical (unpaired) electrons. The third-order valence-electron chi connectivity index (χ3n) is 3.15. The molecule has 0 heterocycles. The zero-order valence-electron chi connectivity index (χ0n) is 11.1. The van der Waals surface area contributed by atoms with Crippen LogP contribution in [-0.4, -0.2) is 20.0 Å². The van der Waals surface area contributed by atoms with Crippen LogP contribution in [0.3, 0.4) is 0 Å². The van der Waals surface area contributed by atoms with E-state index in [0.717, 1.165) is 31.3 Å². The molecule has 0 bridgehead atoms. The van der Waals surface area contributed by atoms with E-state index in [1.54, 1.807) is 7.11 Å². The molecule has 0 aliphatic carbocycles. The largest absolute Gasteiger partial charge is 0.385 e. The monoisotopic (exact) mass is 254 g/mol. The van der Waals surface area contributed by atoms with Crippen LogP contribution in [-0.2, 0) is 11.2 Å². The maximum atomic E-state index is 10.6. The molecular weight excluding hydrogens is 236 g/mol. The number of hydrogen-bond donors (Lipinski definition) is 0. The van der Waals surface area contributed by atoms with E-state index in [9.17, 15) is 4.79 Å². The standard InChI is InChI=1S/C17H18O2/c1-19-12-2-3-14-4-8-16(9-5-14)17-10-6-15(13-18)7-11-17/h4-11,13H,2-3,12H2,1H3. The Bertz CT molecular complexity index is 512. The first kappa shape index (κ1) is 13.5. The van der Waals surface area contributed by atoms with Gasteiger partial charge in [0, 0.05) is 19.3 Å². The number of aldehydes is 1. The third kappa shape index (κ3) is 3.76. The quantitative estimate of drug-likeness (QED) is 0.579. The molecule has 2 rings (SSSR count). The molecule has 0 saturated heterocycles. The minimum atomic E-state index is 0.708. The summed E-state index contributed by atoms with van der Waals surface area (Å²) in [6, 6.07) is 16.2. The average Bonchev–Trinajstić information content (AvgIpc) is 2.48. The predicted octanol–water partition coefficient (Wildman–Crippen LogP) is 3.75. The minimum absolute atomic E-state index is 0.708. The van der Waals surface area contributed by atoms with Crippen molar-refractivity contribution >= 4 is 6.29 Å². The maximum absolute atomic E-state index is 10.6. The van der Waals surface area contributed by atoms with E-state index in [4.69, 9.17) is 4.74 Å². The zero-order chi connectivity index (χ0) is 13.5. The molecule has 0 fully saturated rings. The normalized spacial score (nSPS) is 10.4. The van der Waals surface area contributed by atoms with Gasteiger partial charge in [-0.25, -0.2) is 0 Å². The summed E-state index contributed by atoms with van der Waals surface area (Å²) < 4.78 is 5.05. The molecule has 0 aromatic heterocycles. The second kappa shape index (κ2) is 6.86. The van der Waals surface area contributed by atoms with Gasteiger partial charge in [-0.2, -0.15) is 0 Å². The molecule has 0 atom stereocenters. The van der Waals surface area contributed by atoms with Gasteiger partial charge in [-0.05, 0) is 29.5 Å². The molecule has 0 aliphatic rings. The van der Waals surface area contributed by atoms with Crippen LogP contribution in [0, 0.1) is 0 Å². The van der Waals surface area contributed by atoms with Crippen molar-refractivity contribution in [1.29, 1.82) is 0 Å². The third-order valence-corrected chi connectivity index (χ3v) is 3.15. The van der Waals surface area contributed by atoms with Crippen molar-refractivity contribution in [2.75, 3.05) is 13.7 Å². The number of methoxy groups -OCH3 is 1. The van der Waals surface area contributed by atoms with Gasteiger partial charge in [-0.3, -0.25) is 4.79 Å². The Morgan fingerprint density at radius 2 is 1.53 bits per heavy atom. The fourth-order valence-corrected chi connectivity index (χ4v) is 2.04. The number of carbonyl (C=O) groups is 1. The fraction of sp³-hybridized carbons (Fsp3) is 0.235. The van der Waals surface area contributed by atoms with Crippen LogP contribution in [0.4, 0.5) is 0 Å². The Morgan fingerprint density at radius 3 is 2.05 bits per heavy atom. The highest BCUT2D eigenvalue weighted by Crippen LogP contribution is 2.20. The molecule has 0 spiro atoms. The van der Waals surface area contributed by atoms with Crippen molar-refractivity contribution in [3.8, 4) is 11.1 Å². The van der Waals surface area contributed by atoms with Gasteiger partial charge in [0.15, 0.2) is 0 Å². The first-order valence-corrected chi connectivity index (χ1v) is 6.47. The Labute approximate surface area is 114 Å². The van der Waals surface area contributed by atoms with Gasteiger partial charge < -0.3 is 4.74 Å². The second-order valence-electron chi connectivity index (χ2n) is 4.53. The van der Waals surface area contributed by atoms with E-state index in [0.29, 0.717) is 5.56 Å². The van der Waals surface area contributed by atoms with Crippen molar-refractivity contribution in [2.24, 2.45) is 0 Å². The Balaban J connectivity index is 2.06. The van der Waals surface area contributed by atoms with Gasteiger partial charge in [0.2, 0.25) is 0 Å². The molecule has 2 heteroatoms. The lowest BCUT2D eigenvalue weighted by atomic mass is 10.0. The zero-order valence-corrected chi connectivity index (χ0v) is 11.1. The van der Waals surface area contributed by atoms with Crippen LogP contribution in [0.25, 0.3) is 11.1 Å². The van der Waals surface area contributed by atoms with Crippen molar-refractivity contribution in [2.45, 2.75) is 12.8 Å². The smallest absolute Gasteiger partial charge is 0.150 e. The molecule has 0 N–H and O–H groups in total. The molecule has 2 nitrogen and oxygen atoms in total. The summed E-state index contributed by atoms with van der Waals surface area (Å²) in [4.78, 5) is 10.6. The number of benzene rings is 2. The van der Waals surface area contributed by atoms with Crippen LogP contribution >= 0.6 is 0 Å². The van der Waals surface area contributed by atoms with E-state index in [1.165, 1.54) is 11.1 Å². The highest BCUT2D eigenvalue weighted by atomic mass is 16.5. The van der Waals surface area contributed by atoms with Crippen molar-refractivity contribution in [1.82, 2.24) is 0 Å². The molecule has 2 aromatic rings. The van der Waals surface area contributed by atoms with Gasteiger partial charge in [0.25, 0.3) is 0 Å². The molecule has 0 saturated carbocycles. The van der Waals surface area contributed by atoms with E-state index in [-0.39, 0.29) is 0 Å². The summed E-state index contributed by atoms with van der Waals surface area (Å²) in [7, 11) is 1.73. The number of hydrogen-bond acceptors (Lipinski definition) is 2. The number of carbonyl (C=O) groups excluding carboxylic acids is 1. The molecule has 0 amide bonds. The molecule has 98 valence electrons. The van der Waals surface area contributed by atoms with E-state index >= 15 is 0 Å². The lowest BCUT2D eigenvalue weighted by Gasteiger charge is -2.05. The number of rotatable bonds is 6. The summed E-state index contributed by atoms with van der Waals surface area (Å²) in [6.07, 6.45) is 2.95. The van der Waals surface area contributed by atoms with E-state index in [1.807, 2.05) is 24.3 Å². The van der Waals surface area contributed by atoms with Crippen molar-refractivity contribution in [3.63, 3.8) is 0 Å². The topological polar surface area (TPSA) is 26.3 Å². The SMILES string of the molecule is COCCCc1ccc(-c2ccc(C=O)cc2)cc1. The summed E-state index contributed by atoms with van der Waals surface area (Å²) in [6.45, 7) is 0.801. The van der Waals surface area contributed by atoms with Crippen LogP contribution in [0.1, 0.15) is 22.3 Å². The van der Waals surface area contributed by atoms with Crippen LogP contribution in [0.2, 0.25) is 0 Å². The average molecular weight is 254 g/mol. The van der Waals surface area contributed by atoms with Crippen molar-refractivity contribution < 1.29 is 9.53 Å². The predicted molar refractivity (Wildman–Crippen MR) is 77.5 cm³/mol. The Hall–Kier alpha value is -1.93. The molecule has 0 unspecified atom stereocenters. The molecule has 19 heavy (non-hydrogen) atoms. The van der Waals surface area contributed by atoms with Gasteiger partial charge in [-0.1, -0.05) is 48.5 Å². The van der Waals surface area contributed by atoms with Gasteiger partial charge in [0.1, 0.15) is 6.29 Å². The summed E-state index contributed by atoms with van der Waals surface area (Å²) in [5.41, 5.74) is 4.34. The van der Waals surface area contributed by atoms with E-state index in [2.05, 4.69) is 24.3 Å². The molecule has 0 aliphatic heterocycles. The Morgan fingerprint density at radius 1 is 0.947 bits per heavy atom. The lowest BCUT2D eigenvalue weighted by molar-refractivity contribution is 0.112. The molecular formula is C17H18O2. The highest BCUT2D eigenvalue weighted by Gasteiger charge is 1.99. The number of ether oxygens (including phenoxy) is 1. The first-order valence-electron chi connectivity index (χ1n) is 6.47. The second-order valence-corrected chi connectivity index (χ2v) is 4.53. The fourth-order valence-electron chi connectivity index (χ4n) is 2.04. The van der Waals surface area contributed by atoms with Gasteiger partial charge in [0.05, 0.1) is 0 Å². The van der Waals surface area contributed by atoms with Crippen LogP contribution in [0.15, 0.2) is 48.5 Å². The van der Waals surface area contributed by atoms with Gasteiger partial charge in [-0.15, -0.1) is 0 Å². The highest BCUT2D eigenvalue weighted by molar-refractivity contribution is 5.76. The van der Waals surface area contributed by atoms with Crippen LogP contribution in [0.5, 0.6) is 0 Å². The van der Waals surface area contributed by atoms with Gasteiger partial charge >= 0.3 is 0 Å². The minimum Gasteiger partial charge on any atom is -0.385 e. The summed E-state index contributed by atoms with van der Waals surface area (Å²) >= 11 is 0. The summed E-state index contributed by atoms with van der Waals surface area (Å²) in [5.74, 6) is 0. The first-order chi connectivity index (χ1) is 9.33. The maximum Gasteiger partial charge on any atom is 0.150 e. The van der Waals surface area contributed by atoms with Crippen molar-refractivity contribution in [3.05, 3.63) is 59.7 Å². The molecule has 2 aromatic carbocycles. The Kier molecular flexibility index (Phi) is 4.87. The number of aryl methyl sites for hydroxylation is 1. The van der Waals surface area contributed by atoms with E-state index < -0.39 is 0 Å². The lowest BCUT2D eigenvalue weighted by Crippen LogP contribution is -1.92. The van der Waals surface area contributed by atoms with Crippen LogP contribution < -0.4 is 0 Å².